The van der Waals surface area contributed by atoms with Gasteiger partial charge in [0.1, 0.15) is 0 Å². The predicted molar refractivity (Wildman–Crippen MR) is 93.9 cm³/mol. The topological polar surface area (TPSA) is 58.6 Å². The van der Waals surface area contributed by atoms with E-state index in [1.165, 1.54) is 0 Å². The molecular formula is C17H32N2O3S. The van der Waals surface area contributed by atoms with E-state index in [0.717, 1.165) is 19.3 Å². The second-order valence-corrected chi connectivity index (χ2v) is 9.20. The fourth-order valence-corrected chi connectivity index (χ4v) is 5.39. The molecule has 2 saturated heterocycles. The number of nitrogens with one attached hydrogen (secondary N) is 1. The molecule has 0 radical (unpaired) electrons. The molecule has 2 heterocycles. The SMILES string of the molecule is C=CC[C@H](C)[C@H](C)NC1CCN(S(=O)(=O)C2CCOCC2)CC1. The van der Waals surface area contributed by atoms with Gasteiger partial charge >= 0.3 is 0 Å². The van der Waals surface area contributed by atoms with Crippen LogP contribution in [0.15, 0.2) is 12.7 Å². The fourth-order valence-electron chi connectivity index (χ4n) is 3.46. The first-order chi connectivity index (χ1) is 10.9. The number of hydrogen-bond acceptors (Lipinski definition) is 4. The van der Waals surface area contributed by atoms with Crippen LogP contribution in [0.25, 0.3) is 0 Å². The Labute approximate surface area is 141 Å². The van der Waals surface area contributed by atoms with Gasteiger partial charge in [0.2, 0.25) is 10.0 Å². The van der Waals surface area contributed by atoms with Crippen molar-refractivity contribution in [3.05, 3.63) is 12.7 Å². The maximum atomic E-state index is 12.7. The summed E-state index contributed by atoms with van der Waals surface area (Å²) in [6.07, 6.45) is 6.03. The number of piperidine rings is 1. The van der Waals surface area contributed by atoms with Gasteiger partial charge in [0.25, 0.3) is 0 Å². The summed E-state index contributed by atoms with van der Waals surface area (Å²) in [7, 11) is -3.15. The number of ether oxygens (including phenoxy) is 1. The Morgan fingerprint density at radius 1 is 1.22 bits per heavy atom. The zero-order valence-corrected chi connectivity index (χ0v) is 15.4. The van der Waals surface area contributed by atoms with Gasteiger partial charge in [-0.3, -0.25) is 0 Å². The fraction of sp³-hybridized carbons (Fsp3) is 0.882. The largest absolute Gasteiger partial charge is 0.381 e. The molecule has 5 nitrogen and oxygen atoms in total. The van der Waals surface area contributed by atoms with Gasteiger partial charge in [-0.15, -0.1) is 6.58 Å². The van der Waals surface area contributed by atoms with Gasteiger partial charge in [-0.25, -0.2) is 12.7 Å². The smallest absolute Gasteiger partial charge is 0.217 e. The van der Waals surface area contributed by atoms with Crippen LogP contribution in [0.4, 0.5) is 0 Å². The standard InChI is InChI=1S/C17H32N2O3S/c1-4-5-14(2)15(3)18-16-6-10-19(11-7-16)23(20,21)17-8-12-22-13-9-17/h4,14-18H,1,5-13H2,2-3H3/t14-,15-/m0/s1. The monoisotopic (exact) mass is 344 g/mol. The third kappa shape index (κ3) is 5.02. The maximum absolute atomic E-state index is 12.7. The Morgan fingerprint density at radius 2 is 1.83 bits per heavy atom. The summed E-state index contributed by atoms with van der Waals surface area (Å²) in [6.45, 7) is 10.7. The summed E-state index contributed by atoms with van der Waals surface area (Å²) in [5, 5.41) is 3.42. The first kappa shape index (κ1) is 18.9. The van der Waals surface area contributed by atoms with Crippen molar-refractivity contribution in [2.45, 2.75) is 63.3 Å². The summed E-state index contributed by atoms with van der Waals surface area (Å²) in [5.41, 5.74) is 0. The number of nitrogens with zero attached hydrogens (tertiary/aromatic N) is 1. The molecule has 2 aliphatic heterocycles. The highest BCUT2D eigenvalue weighted by molar-refractivity contribution is 7.89. The lowest BCUT2D eigenvalue weighted by Crippen LogP contribution is -2.50. The Morgan fingerprint density at radius 3 is 2.39 bits per heavy atom. The predicted octanol–water partition coefficient (Wildman–Crippen LogP) is 2.15. The van der Waals surface area contributed by atoms with Crippen molar-refractivity contribution in [1.82, 2.24) is 9.62 Å². The van der Waals surface area contributed by atoms with Crippen molar-refractivity contribution in [2.24, 2.45) is 5.92 Å². The molecule has 0 aromatic heterocycles. The van der Waals surface area contributed by atoms with E-state index in [-0.39, 0.29) is 5.25 Å². The Kier molecular flexibility index (Phi) is 7.07. The number of sulfonamides is 1. The van der Waals surface area contributed by atoms with Gasteiger partial charge in [-0.05, 0) is 44.9 Å². The molecule has 0 unspecified atom stereocenters. The molecule has 2 aliphatic rings. The highest BCUT2D eigenvalue weighted by atomic mass is 32.2. The maximum Gasteiger partial charge on any atom is 0.217 e. The van der Waals surface area contributed by atoms with E-state index in [2.05, 4.69) is 25.7 Å². The van der Waals surface area contributed by atoms with Gasteiger partial charge in [0, 0.05) is 38.4 Å². The van der Waals surface area contributed by atoms with Gasteiger partial charge in [-0.2, -0.15) is 0 Å². The van der Waals surface area contributed by atoms with Crippen LogP contribution in [0.3, 0.4) is 0 Å². The third-order valence-electron chi connectivity index (χ3n) is 5.29. The minimum Gasteiger partial charge on any atom is -0.381 e. The molecule has 0 aliphatic carbocycles. The minimum atomic E-state index is -3.15. The van der Waals surface area contributed by atoms with Crippen molar-refractivity contribution >= 4 is 10.0 Å². The molecule has 0 spiro atoms. The Hall–Kier alpha value is -0.430. The van der Waals surface area contributed by atoms with Crippen molar-refractivity contribution < 1.29 is 13.2 Å². The average Bonchev–Trinajstić information content (AvgIpc) is 2.56. The molecular weight excluding hydrogens is 312 g/mol. The van der Waals surface area contributed by atoms with E-state index in [1.54, 1.807) is 4.31 Å². The van der Waals surface area contributed by atoms with Crippen LogP contribution in [0.5, 0.6) is 0 Å². The van der Waals surface area contributed by atoms with Crippen molar-refractivity contribution in [3.63, 3.8) is 0 Å². The average molecular weight is 345 g/mol. The highest BCUT2D eigenvalue weighted by Gasteiger charge is 2.35. The van der Waals surface area contributed by atoms with E-state index in [1.807, 2.05) is 6.08 Å². The van der Waals surface area contributed by atoms with E-state index in [9.17, 15) is 8.42 Å². The van der Waals surface area contributed by atoms with Gasteiger partial charge < -0.3 is 10.1 Å². The second-order valence-electron chi connectivity index (χ2n) is 6.99. The summed E-state index contributed by atoms with van der Waals surface area (Å²) >= 11 is 0. The summed E-state index contributed by atoms with van der Waals surface area (Å²) in [5.74, 6) is 0.552. The van der Waals surface area contributed by atoms with Crippen molar-refractivity contribution in [1.29, 1.82) is 0 Å². The Balaban J connectivity index is 1.82. The summed E-state index contributed by atoms with van der Waals surface area (Å²) in [6, 6.07) is 0.843. The van der Waals surface area contributed by atoms with Gasteiger partial charge in [0.05, 0.1) is 5.25 Å². The van der Waals surface area contributed by atoms with Gasteiger partial charge in [0.15, 0.2) is 0 Å². The second kappa shape index (κ2) is 8.60. The number of allylic oxidation sites excluding steroid dienone is 1. The van der Waals surface area contributed by atoms with Crippen molar-refractivity contribution in [3.8, 4) is 0 Å². The first-order valence-corrected chi connectivity index (χ1v) is 10.4. The molecule has 2 rings (SSSR count). The quantitative estimate of drug-likeness (QED) is 0.719. The molecule has 2 fully saturated rings. The van der Waals surface area contributed by atoms with E-state index >= 15 is 0 Å². The number of hydrogen-bond donors (Lipinski definition) is 1. The van der Waals surface area contributed by atoms with Crippen LogP contribution in [-0.2, 0) is 14.8 Å². The lowest BCUT2D eigenvalue weighted by molar-refractivity contribution is 0.0968. The molecule has 0 aromatic rings. The highest BCUT2D eigenvalue weighted by Crippen LogP contribution is 2.23. The zero-order chi connectivity index (χ0) is 16.9. The molecule has 0 amide bonds. The summed E-state index contributed by atoms with van der Waals surface area (Å²) in [4.78, 5) is 0. The molecule has 134 valence electrons. The normalized spacial score (nSPS) is 25.1. The van der Waals surface area contributed by atoms with E-state index < -0.39 is 10.0 Å². The van der Waals surface area contributed by atoms with Crippen LogP contribution in [-0.4, -0.2) is 56.4 Å². The zero-order valence-electron chi connectivity index (χ0n) is 14.5. The third-order valence-corrected chi connectivity index (χ3v) is 7.69. The van der Waals surface area contributed by atoms with Crippen LogP contribution >= 0.6 is 0 Å². The summed E-state index contributed by atoms with van der Waals surface area (Å²) < 4.78 is 32.4. The minimum absolute atomic E-state index is 0.243. The van der Waals surface area contributed by atoms with E-state index in [0.29, 0.717) is 57.1 Å². The molecule has 0 bridgehead atoms. The first-order valence-electron chi connectivity index (χ1n) is 8.88. The molecule has 0 saturated carbocycles. The molecule has 1 N–H and O–H groups in total. The van der Waals surface area contributed by atoms with Crippen LogP contribution in [0.1, 0.15) is 46.0 Å². The van der Waals surface area contributed by atoms with Crippen LogP contribution in [0, 0.1) is 5.92 Å². The molecule has 2 atom stereocenters. The lowest BCUT2D eigenvalue weighted by Gasteiger charge is -2.36. The van der Waals surface area contributed by atoms with Crippen LogP contribution in [0.2, 0.25) is 0 Å². The lowest BCUT2D eigenvalue weighted by atomic mass is 9.97. The van der Waals surface area contributed by atoms with Crippen LogP contribution < -0.4 is 5.32 Å². The van der Waals surface area contributed by atoms with Gasteiger partial charge in [-0.1, -0.05) is 13.0 Å². The number of rotatable bonds is 7. The molecule has 0 aromatic carbocycles. The van der Waals surface area contributed by atoms with Crippen molar-refractivity contribution in [2.75, 3.05) is 26.3 Å². The molecule has 23 heavy (non-hydrogen) atoms. The van der Waals surface area contributed by atoms with E-state index in [4.69, 9.17) is 4.74 Å². The molecule has 6 heteroatoms. The Bertz CT molecular complexity index is 466.